The van der Waals surface area contributed by atoms with E-state index >= 15 is 0 Å². The molecule has 0 radical (unpaired) electrons. The molecule has 6 heteroatoms. The van der Waals surface area contributed by atoms with E-state index in [1.165, 1.54) is 12.8 Å². The number of benzene rings is 1. The van der Waals surface area contributed by atoms with E-state index in [9.17, 15) is 9.59 Å². The third-order valence-corrected chi connectivity index (χ3v) is 4.81. The number of nitrogens with zero attached hydrogens (tertiary/aromatic N) is 1. The van der Waals surface area contributed by atoms with Crippen LogP contribution < -0.4 is 10.1 Å². The Hall–Kier alpha value is -2.08. The summed E-state index contributed by atoms with van der Waals surface area (Å²) in [6.07, 6.45) is 3.66. The summed E-state index contributed by atoms with van der Waals surface area (Å²) in [7, 11) is 0. The lowest BCUT2D eigenvalue weighted by atomic mass is 10.0. The predicted molar refractivity (Wildman–Crippen MR) is 97.9 cm³/mol. The van der Waals surface area contributed by atoms with E-state index in [0.29, 0.717) is 45.1 Å². The highest BCUT2D eigenvalue weighted by Gasteiger charge is 2.22. The van der Waals surface area contributed by atoms with Crippen molar-refractivity contribution >= 4 is 11.8 Å². The molecule has 0 bridgehead atoms. The Morgan fingerprint density at radius 1 is 1.35 bits per heavy atom. The summed E-state index contributed by atoms with van der Waals surface area (Å²) >= 11 is 0. The summed E-state index contributed by atoms with van der Waals surface area (Å²) < 4.78 is 11.0. The van der Waals surface area contributed by atoms with Crippen LogP contribution in [0, 0.1) is 5.92 Å². The average Bonchev–Trinajstić information content (AvgIpc) is 3.48. The lowest BCUT2D eigenvalue weighted by Gasteiger charge is -2.19. The molecular formula is C20H28N2O4. The molecule has 0 aromatic heterocycles. The molecule has 1 aliphatic heterocycles. The summed E-state index contributed by atoms with van der Waals surface area (Å²) in [5.41, 5.74) is 2.08. The van der Waals surface area contributed by atoms with Crippen molar-refractivity contribution in [1.29, 1.82) is 0 Å². The summed E-state index contributed by atoms with van der Waals surface area (Å²) in [5, 5.41) is 3.00. The number of amides is 2. The molecule has 1 aromatic carbocycles. The number of fused-ring (bicyclic) bond motifs is 1. The van der Waals surface area contributed by atoms with Gasteiger partial charge in [0, 0.05) is 31.7 Å². The minimum atomic E-state index is -0.0202. The maximum absolute atomic E-state index is 12.2. The van der Waals surface area contributed by atoms with Crippen molar-refractivity contribution in [2.75, 3.05) is 32.9 Å². The van der Waals surface area contributed by atoms with Gasteiger partial charge in [0.25, 0.3) is 0 Å². The summed E-state index contributed by atoms with van der Waals surface area (Å²) in [6, 6.07) is 6.00. The normalized spacial score (nSPS) is 16.4. The van der Waals surface area contributed by atoms with E-state index in [-0.39, 0.29) is 18.4 Å². The van der Waals surface area contributed by atoms with Gasteiger partial charge < -0.3 is 19.7 Å². The van der Waals surface area contributed by atoms with Gasteiger partial charge in [-0.15, -0.1) is 0 Å². The number of carbonyl (C=O) groups is 2. The van der Waals surface area contributed by atoms with Crippen LogP contribution in [0.25, 0.3) is 0 Å². The predicted octanol–water partition coefficient (Wildman–Crippen LogP) is 1.90. The first-order chi connectivity index (χ1) is 12.7. The van der Waals surface area contributed by atoms with Crippen molar-refractivity contribution in [3.63, 3.8) is 0 Å². The maximum Gasteiger partial charge on any atom is 0.248 e. The first-order valence-corrected chi connectivity index (χ1v) is 9.52. The molecule has 142 valence electrons. The third kappa shape index (κ3) is 5.46. The zero-order chi connectivity index (χ0) is 18.4. The van der Waals surface area contributed by atoms with Gasteiger partial charge in [0.2, 0.25) is 11.8 Å². The van der Waals surface area contributed by atoms with E-state index in [1.807, 2.05) is 19.1 Å². The van der Waals surface area contributed by atoms with Gasteiger partial charge in [-0.05, 0) is 43.7 Å². The largest absolute Gasteiger partial charge is 0.491 e. The Labute approximate surface area is 154 Å². The van der Waals surface area contributed by atoms with Crippen molar-refractivity contribution in [2.45, 2.75) is 39.2 Å². The highest BCUT2D eigenvalue weighted by atomic mass is 16.5. The molecule has 0 spiro atoms. The SMILES string of the molecule is CCOCC(=O)N1CCOc2ccc(CCC(=O)NCC3CC3)cc2C1. The van der Waals surface area contributed by atoms with Crippen molar-refractivity contribution in [3.8, 4) is 5.75 Å². The van der Waals surface area contributed by atoms with E-state index in [4.69, 9.17) is 9.47 Å². The molecule has 0 atom stereocenters. The second kappa shape index (κ2) is 9.03. The second-order valence-corrected chi connectivity index (χ2v) is 6.99. The van der Waals surface area contributed by atoms with Gasteiger partial charge >= 0.3 is 0 Å². The van der Waals surface area contributed by atoms with Gasteiger partial charge in [-0.3, -0.25) is 9.59 Å². The molecule has 0 unspecified atom stereocenters. The highest BCUT2D eigenvalue weighted by Crippen LogP contribution is 2.27. The van der Waals surface area contributed by atoms with Gasteiger partial charge in [0.1, 0.15) is 19.0 Å². The van der Waals surface area contributed by atoms with Gasteiger partial charge in [-0.25, -0.2) is 0 Å². The first kappa shape index (κ1) is 18.7. The average molecular weight is 360 g/mol. The minimum absolute atomic E-state index is 0.0202. The third-order valence-electron chi connectivity index (χ3n) is 4.81. The molecule has 1 heterocycles. The van der Waals surface area contributed by atoms with Crippen LogP contribution in [0.3, 0.4) is 0 Å². The Balaban J connectivity index is 1.56. The van der Waals surface area contributed by atoms with E-state index < -0.39 is 0 Å². The molecule has 2 aliphatic rings. The molecule has 1 fully saturated rings. The number of carbonyl (C=O) groups excluding carboxylic acids is 2. The Bertz CT molecular complexity index is 643. The Morgan fingerprint density at radius 2 is 2.19 bits per heavy atom. The molecule has 2 amide bonds. The van der Waals surface area contributed by atoms with Crippen LogP contribution in [-0.2, 0) is 27.3 Å². The van der Waals surface area contributed by atoms with Crippen LogP contribution >= 0.6 is 0 Å². The molecule has 1 aliphatic carbocycles. The van der Waals surface area contributed by atoms with Crippen molar-refractivity contribution < 1.29 is 19.1 Å². The molecular weight excluding hydrogens is 332 g/mol. The molecule has 1 saturated carbocycles. The molecule has 6 nitrogen and oxygen atoms in total. The standard InChI is InChI=1S/C20H28N2O4/c1-2-25-14-20(24)22-9-10-26-18-7-5-15(11-17(18)13-22)6-8-19(23)21-12-16-3-4-16/h5,7,11,16H,2-4,6,8-10,12-14H2,1H3,(H,21,23). The monoisotopic (exact) mass is 360 g/mol. The van der Waals surface area contributed by atoms with Gasteiger partial charge in [0.15, 0.2) is 0 Å². The number of aryl methyl sites for hydroxylation is 1. The summed E-state index contributed by atoms with van der Waals surface area (Å²) in [4.78, 5) is 25.9. The second-order valence-electron chi connectivity index (χ2n) is 6.99. The van der Waals surface area contributed by atoms with Crippen LogP contribution in [0.1, 0.15) is 37.3 Å². The quantitative estimate of drug-likeness (QED) is 0.769. The minimum Gasteiger partial charge on any atom is -0.491 e. The van der Waals surface area contributed by atoms with E-state index in [0.717, 1.165) is 23.4 Å². The Morgan fingerprint density at radius 3 is 2.96 bits per heavy atom. The van der Waals surface area contributed by atoms with E-state index in [1.54, 1.807) is 4.90 Å². The van der Waals surface area contributed by atoms with Crippen molar-refractivity contribution in [1.82, 2.24) is 10.2 Å². The van der Waals surface area contributed by atoms with Crippen molar-refractivity contribution in [3.05, 3.63) is 29.3 Å². The molecule has 26 heavy (non-hydrogen) atoms. The fourth-order valence-electron chi connectivity index (χ4n) is 3.02. The first-order valence-electron chi connectivity index (χ1n) is 9.52. The zero-order valence-electron chi connectivity index (χ0n) is 15.5. The fourth-order valence-corrected chi connectivity index (χ4v) is 3.02. The topological polar surface area (TPSA) is 67.9 Å². The number of nitrogens with one attached hydrogen (secondary N) is 1. The lowest BCUT2D eigenvalue weighted by molar-refractivity contribution is -0.136. The van der Waals surface area contributed by atoms with E-state index in [2.05, 4.69) is 11.4 Å². The molecule has 0 saturated heterocycles. The van der Waals surface area contributed by atoms with Crippen molar-refractivity contribution in [2.24, 2.45) is 5.92 Å². The number of ether oxygens (including phenoxy) is 2. The van der Waals surface area contributed by atoms with Gasteiger partial charge in [-0.1, -0.05) is 12.1 Å². The highest BCUT2D eigenvalue weighted by molar-refractivity contribution is 5.77. The molecule has 3 rings (SSSR count). The van der Waals surface area contributed by atoms with Crippen LogP contribution in [0.5, 0.6) is 5.75 Å². The maximum atomic E-state index is 12.2. The van der Waals surface area contributed by atoms with Crippen LogP contribution in [0.15, 0.2) is 18.2 Å². The smallest absolute Gasteiger partial charge is 0.248 e. The van der Waals surface area contributed by atoms with Crippen LogP contribution in [0.2, 0.25) is 0 Å². The number of rotatable bonds is 8. The van der Waals surface area contributed by atoms with Gasteiger partial charge in [0.05, 0.1) is 6.54 Å². The van der Waals surface area contributed by atoms with Crippen LogP contribution in [0.4, 0.5) is 0 Å². The van der Waals surface area contributed by atoms with Gasteiger partial charge in [-0.2, -0.15) is 0 Å². The molecule has 1 aromatic rings. The number of hydrogen-bond acceptors (Lipinski definition) is 4. The lowest BCUT2D eigenvalue weighted by Crippen LogP contribution is -2.35. The van der Waals surface area contributed by atoms with Crippen LogP contribution in [-0.4, -0.2) is 49.6 Å². The summed E-state index contributed by atoms with van der Waals surface area (Å²) in [6.45, 7) is 4.87. The number of hydrogen-bond donors (Lipinski definition) is 1. The zero-order valence-corrected chi connectivity index (χ0v) is 15.5. The Kier molecular flexibility index (Phi) is 6.50. The summed E-state index contributed by atoms with van der Waals surface area (Å²) in [5.74, 6) is 1.60. The fraction of sp³-hybridized carbons (Fsp3) is 0.600. The molecule has 1 N–H and O–H groups in total.